The number of methoxy groups -OCH3 is 2. The summed E-state index contributed by atoms with van der Waals surface area (Å²) in [6.07, 6.45) is 0. The second kappa shape index (κ2) is 9.84. The molecule has 3 aliphatic heterocycles. The Bertz CT molecular complexity index is 1350. The Morgan fingerprint density at radius 1 is 1.08 bits per heavy atom. The number of morpholine rings is 1. The molecule has 2 fully saturated rings. The van der Waals surface area contributed by atoms with Crippen LogP contribution in [0.4, 0.5) is 4.79 Å². The number of likely N-dealkylation sites (tertiary alicyclic amines) is 1. The molecule has 2 saturated heterocycles. The summed E-state index contributed by atoms with van der Waals surface area (Å²) in [5.74, 6) is -2.58. The summed E-state index contributed by atoms with van der Waals surface area (Å²) in [4.78, 5) is 66.9. The van der Waals surface area contributed by atoms with Crippen molar-refractivity contribution < 1.29 is 33.4 Å². The largest absolute Gasteiger partial charge is 0.493 e. The van der Waals surface area contributed by atoms with Gasteiger partial charge in [0.15, 0.2) is 11.5 Å². The summed E-state index contributed by atoms with van der Waals surface area (Å²) in [5.41, 5.74) is 5.96. The fourth-order valence-electron chi connectivity index (χ4n) is 4.93. The molecule has 3 atom stereocenters. The molecular formula is C23H24N4O8S2. The molecule has 0 radical (unpaired) electrons. The molecule has 5 amide bonds. The molecule has 1 aromatic heterocycles. The zero-order chi connectivity index (χ0) is 26.4. The van der Waals surface area contributed by atoms with Crippen molar-refractivity contribution in [2.45, 2.75) is 22.7 Å². The number of imide groups is 3. The van der Waals surface area contributed by atoms with E-state index < -0.39 is 34.9 Å². The van der Waals surface area contributed by atoms with E-state index in [9.17, 15) is 24.0 Å². The molecule has 14 heteroatoms. The Labute approximate surface area is 219 Å². The topological polar surface area (TPSA) is 150 Å². The van der Waals surface area contributed by atoms with Gasteiger partial charge in [-0.2, -0.15) is 4.90 Å². The molecule has 0 unspecified atom stereocenters. The van der Waals surface area contributed by atoms with Crippen LogP contribution in [0.5, 0.6) is 11.5 Å². The van der Waals surface area contributed by atoms with Crippen molar-refractivity contribution in [1.29, 1.82) is 0 Å². The van der Waals surface area contributed by atoms with Crippen molar-refractivity contribution >= 4 is 46.9 Å². The first kappa shape index (κ1) is 25.3. The number of thiazole rings is 1. The summed E-state index contributed by atoms with van der Waals surface area (Å²) >= 11 is 1.93. The number of primary amides is 1. The summed E-state index contributed by atoms with van der Waals surface area (Å²) in [7, 11) is 2.96. The van der Waals surface area contributed by atoms with Gasteiger partial charge in [-0.25, -0.2) is 4.79 Å². The molecule has 0 saturated carbocycles. The number of hydrogen-bond acceptors (Lipinski definition) is 10. The lowest BCUT2D eigenvalue weighted by Gasteiger charge is -2.31. The number of nitrogens with zero attached hydrogens (tertiary/aromatic N) is 3. The molecule has 37 heavy (non-hydrogen) atoms. The standard InChI is InChI=1S/C23H24N4O8S2/c1-33-12-4-3-11(9-13(12)34-2)15-16-17(20(30)27(19(16)29)22(24)31)36-21-18(15)37-23(32)26(21)10-14(28)25-5-7-35-8-6-25/h3-4,9,15-17H,5-8,10H2,1-2H3,(H2,24,31)/t15-,16+,17-/m0/s1. The molecule has 12 nitrogen and oxygen atoms in total. The molecule has 0 spiro atoms. The van der Waals surface area contributed by atoms with Crippen LogP contribution < -0.4 is 20.1 Å². The number of rotatable bonds is 5. The molecule has 2 N–H and O–H groups in total. The SMILES string of the molecule is COc1ccc([C@@H]2c3sc(=O)n(CC(=O)N4CCOCC4)c3S[C@@H]3C(=O)N(C(N)=O)C(=O)[C@H]23)cc1OC. The van der Waals surface area contributed by atoms with Gasteiger partial charge < -0.3 is 24.8 Å². The van der Waals surface area contributed by atoms with Crippen LogP contribution in [0.1, 0.15) is 16.4 Å². The molecule has 0 bridgehead atoms. The zero-order valence-electron chi connectivity index (χ0n) is 20.0. The van der Waals surface area contributed by atoms with Crippen LogP contribution in [0, 0.1) is 5.92 Å². The van der Waals surface area contributed by atoms with Crippen molar-refractivity contribution in [3.05, 3.63) is 38.3 Å². The zero-order valence-corrected chi connectivity index (χ0v) is 21.6. The molecule has 0 aliphatic carbocycles. The van der Waals surface area contributed by atoms with Crippen LogP contribution in [0.15, 0.2) is 28.0 Å². The number of benzene rings is 1. The Balaban J connectivity index is 1.62. The van der Waals surface area contributed by atoms with Gasteiger partial charge in [-0.05, 0) is 17.7 Å². The lowest BCUT2D eigenvalue weighted by atomic mass is 9.83. The Kier molecular flexibility index (Phi) is 6.72. The molecule has 1 aromatic carbocycles. The van der Waals surface area contributed by atoms with Gasteiger partial charge in [0.2, 0.25) is 11.8 Å². The van der Waals surface area contributed by atoms with Crippen LogP contribution in [0.25, 0.3) is 0 Å². The number of hydrogen-bond donors (Lipinski definition) is 1. The predicted octanol–water partition coefficient (Wildman–Crippen LogP) is 0.456. The first-order valence-electron chi connectivity index (χ1n) is 11.4. The third-order valence-electron chi connectivity index (χ3n) is 6.69. The number of ether oxygens (including phenoxy) is 3. The third-order valence-corrected chi connectivity index (χ3v) is 9.30. The van der Waals surface area contributed by atoms with E-state index in [4.69, 9.17) is 19.9 Å². The fraction of sp³-hybridized carbons (Fsp3) is 0.435. The Hall–Kier alpha value is -3.36. The number of carbonyl (C=O) groups is 4. The fourth-order valence-corrected chi connectivity index (χ4v) is 7.70. The average Bonchev–Trinajstić information content (AvgIpc) is 3.34. The van der Waals surface area contributed by atoms with E-state index in [0.717, 1.165) is 23.1 Å². The van der Waals surface area contributed by atoms with E-state index in [-0.39, 0.29) is 17.3 Å². The number of fused-ring (bicyclic) bond motifs is 2. The number of nitrogens with two attached hydrogens (primary N) is 1. The highest BCUT2D eigenvalue weighted by atomic mass is 32.2. The number of urea groups is 1. The number of thioether (sulfide) groups is 1. The Morgan fingerprint density at radius 2 is 1.78 bits per heavy atom. The van der Waals surface area contributed by atoms with Crippen molar-refractivity contribution in [2.75, 3.05) is 40.5 Å². The molecule has 2 aromatic rings. The third kappa shape index (κ3) is 4.18. The Morgan fingerprint density at radius 3 is 2.43 bits per heavy atom. The van der Waals surface area contributed by atoms with E-state index in [1.165, 1.54) is 18.8 Å². The maximum atomic E-state index is 13.3. The normalized spacial score (nSPS) is 23.0. The number of amides is 5. The highest BCUT2D eigenvalue weighted by Gasteiger charge is 2.58. The summed E-state index contributed by atoms with van der Waals surface area (Å²) < 4.78 is 17.4. The second-order valence-electron chi connectivity index (χ2n) is 8.62. The maximum Gasteiger partial charge on any atom is 0.328 e. The van der Waals surface area contributed by atoms with E-state index >= 15 is 0 Å². The highest BCUT2D eigenvalue weighted by Crippen LogP contribution is 2.54. The minimum absolute atomic E-state index is 0.213. The maximum absolute atomic E-state index is 13.3. The average molecular weight is 549 g/mol. The van der Waals surface area contributed by atoms with Gasteiger partial charge in [-0.3, -0.25) is 23.7 Å². The molecular weight excluding hydrogens is 524 g/mol. The van der Waals surface area contributed by atoms with Gasteiger partial charge in [0.05, 0.1) is 38.4 Å². The number of aromatic nitrogens is 1. The molecule has 3 aliphatic rings. The summed E-state index contributed by atoms with van der Waals surface area (Å²) in [6, 6.07) is 3.91. The lowest BCUT2D eigenvalue weighted by molar-refractivity contribution is -0.137. The van der Waals surface area contributed by atoms with Gasteiger partial charge in [0.1, 0.15) is 11.8 Å². The van der Waals surface area contributed by atoms with Gasteiger partial charge in [-0.15, -0.1) is 0 Å². The van der Waals surface area contributed by atoms with E-state index in [0.29, 0.717) is 58.2 Å². The first-order chi connectivity index (χ1) is 17.8. The number of carbonyl (C=O) groups excluding carboxylic acids is 4. The van der Waals surface area contributed by atoms with Crippen molar-refractivity contribution in [1.82, 2.24) is 14.4 Å². The molecule has 4 heterocycles. The van der Waals surface area contributed by atoms with E-state index in [1.807, 2.05) is 0 Å². The summed E-state index contributed by atoms with van der Waals surface area (Å²) in [5, 5.41) is -0.575. The van der Waals surface area contributed by atoms with Gasteiger partial charge in [-0.1, -0.05) is 29.2 Å². The van der Waals surface area contributed by atoms with Crippen LogP contribution in [-0.2, 0) is 25.7 Å². The van der Waals surface area contributed by atoms with Crippen molar-refractivity contribution in [3.63, 3.8) is 0 Å². The van der Waals surface area contributed by atoms with Crippen LogP contribution in [0.2, 0.25) is 0 Å². The quantitative estimate of drug-likeness (QED) is 0.526. The van der Waals surface area contributed by atoms with Crippen LogP contribution >= 0.6 is 23.1 Å². The molecule has 196 valence electrons. The van der Waals surface area contributed by atoms with Crippen LogP contribution in [-0.4, -0.2) is 83.9 Å². The predicted molar refractivity (Wildman–Crippen MR) is 132 cm³/mol. The minimum atomic E-state index is -1.15. The summed E-state index contributed by atoms with van der Waals surface area (Å²) in [6.45, 7) is 1.47. The molecule has 5 rings (SSSR count). The van der Waals surface area contributed by atoms with Crippen molar-refractivity contribution in [3.8, 4) is 11.5 Å². The van der Waals surface area contributed by atoms with Gasteiger partial charge in [0, 0.05) is 23.9 Å². The monoisotopic (exact) mass is 548 g/mol. The second-order valence-corrected chi connectivity index (χ2v) is 10.7. The smallest absolute Gasteiger partial charge is 0.328 e. The highest BCUT2D eigenvalue weighted by molar-refractivity contribution is 8.00. The lowest BCUT2D eigenvalue weighted by Crippen LogP contribution is -2.43. The van der Waals surface area contributed by atoms with Gasteiger partial charge in [0.25, 0.3) is 5.91 Å². The van der Waals surface area contributed by atoms with E-state index in [2.05, 4.69) is 0 Å². The van der Waals surface area contributed by atoms with E-state index in [1.54, 1.807) is 23.1 Å². The van der Waals surface area contributed by atoms with Crippen LogP contribution in [0.3, 0.4) is 0 Å². The van der Waals surface area contributed by atoms with Crippen molar-refractivity contribution in [2.24, 2.45) is 11.7 Å². The van der Waals surface area contributed by atoms with Gasteiger partial charge >= 0.3 is 10.9 Å². The minimum Gasteiger partial charge on any atom is -0.493 e. The first-order valence-corrected chi connectivity index (χ1v) is 13.1.